The van der Waals surface area contributed by atoms with Gasteiger partial charge in [-0.3, -0.25) is 4.98 Å². The Labute approximate surface area is 113 Å². The Morgan fingerprint density at radius 1 is 1.16 bits per heavy atom. The van der Waals surface area contributed by atoms with Gasteiger partial charge in [-0.05, 0) is 30.7 Å². The molecular formula is C15H18N2O2. The molecule has 0 saturated carbocycles. The Bertz CT molecular complexity index is 526. The fourth-order valence-corrected chi connectivity index (χ4v) is 1.68. The first-order valence-corrected chi connectivity index (χ1v) is 6.26. The van der Waals surface area contributed by atoms with Gasteiger partial charge >= 0.3 is 0 Å². The maximum Gasteiger partial charge on any atom is 0.145 e. The number of hydrogen-bond donors (Lipinski definition) is 1. The summed E-state index contributed by atoms with van der Waals surface area (Å²) < 4.78 is 10.9. The van der Waals surface area contributed by atoms with E-state index in [0.717, 1.165) is 17.9 Å². The van der Waals surface area contributed by atoms with Gasteiger partial charge in [0.1, 0.15) is 17.2 Å². The molecular weight excluding hydrogens is 240 g/mol. The number of rotatable bonds is 5. The van der Waals surface area contributed by atoms with E-state index in [4.69, 9.17) is 15.2 Å². The zero-order valence-corrected chi connectivity index (χ0v) is 11.2. The van der Waals surface area contributed by atoms with Gasteiger partial charge in [0.05, 0.1) is 19.0 Å². The van der Waals surface area contributed by atoms with Crippen molar-refractivity contribution in [2.45, 2.75) is 19.4 Å². The molecule has 0 amide bonds. The molecule has 2 aromatic rings. The van der Waals surface area contributed by atoms with E-state index in [1.165, 1.54) is 0 Å². The number of methoxy groups -OCH3 is 1. The van der Waals surface area contributed by atoms with Crippen molar-refractivity contribution in [1.82, 2.24) is 4.98 Å². The minimum atomic E-state index is -0.0223. The highest BCUT2D eigenvalue weighted by Crippen LogP contribution is 2.25. The summed E-state index contributed by atoms with van der Waals surface area (Å²) in [5.74, 6) is 2.16. The molecule has 1 aromatic heterocycles. The lowest BCUT2D eigenvalue weighted by Crippen LogP contribution is -2.10. The third-order valence-corrected chi connectivity index (χ3v) is 2.86. The molecule has 0 aliphatic heterocycles. The first-order valence-electron chi connectivity index (χ1n) is 6.26. The summed E-state index contributed by atoms with van der Waals surface area (Å²) >= 11 is 0. The normalized spacial score (nSPS) is 11.9. The summed E-state index contributed by atoms with van der Waals surface area (Å²) in [5.41, 5.74) is 6.79. The second-order valence-electron chi connectivity index (χ2n) is 4.21. The van der Waals surface area contributed by atoms with Gasteiger partial charge in [-0.1, -0.05) is 13.0 Å². The summed E-state index contributed by atoms with van der Waals surface area (Å²) in [4.78, 5) is 4.31. The van der Waals surface area contributed by atoms with E-state index in [9.17, 15) is 0 Å². The smallest absolute Gasteiger partial charge is 0.145 e. The summed E-state index contributed by atoms with van der Waals surface area (Å²) in [6.45, 7) is 2.03. The molecule has 19 heavy (non-hydrogen) atoms. The number of pyridine rings is 1. The second kappa shape index (κ2) is 6.20. The van der Waals surface area contributed by atoms with Crippen LogP contribution in [0.5, 0.6) is 17.2 Å². The van der Waals surface area contributed by atoms with E-state index >= 15 is 0 Å². The predicted molar refractivity (Wildman–Crippen MR) is 74.5 cm³/mol. The molecule has 0 saturated heterocycles. The minimum absolute atomic E-state index is 0.0223. The number of nitrogens with two attached hydrogens (primary N) is 1. The first-order chi connectivity index (χ1) is 9.22. The van der Waals surface area contributed by atoms with Gasteiger partial charge in [-0.25, -0.2) is 0 Å². The van der Waals surface area contributed by atoms with Gasteiger partial charge in [0, 0.05) is 12.1 Å². The highest BCUT2D eigenvalue weighted by Gasteiger charge is 2.05. The lowest BCUT2D eigenvalue weighted by molar-refractivity contribution is 0.409. The van der Waals surface area contributed by atoms with E-state index < -0.39 is 0 Å². The van der Waals surface area contributed by atoms with Crippen molar-refractivity contribution in [2.75, 3.05) is 7.11 Å². The molecule has 0 bridgehead atoms. The number of nitrogens with zero attached hydrogens (tertiary/aromatic N) is 1. The summed E-state index contributed by atoms with van der Waals surface area (Å²) in [5, 5.41) is 0. The van der Waals surface area contributed by atoms with Crippen LogP contribution in [-0.2, 0) is 0 Å². The molecule has 0 aliphatic carbocycles. The molecule has 0 spiro atoms. The first kappa shape index (κ1) is 13.4. The van der Waals surface area contributed by atoms with Crippen molar-refractivity contribution < 1.29 is 9.47 Å². The lowest BCUT2D eigenvalue weighted by Gasteiger charge is -2.10. The van der Waals surface area contributed by atoms with Crippen molar-refractivity contribution in [3.63, 3.8) is 0 Å². The van der Waals surface area contributed by atoms with Gasteiger partial charge in [0.25, 0.3) is 0 Å². The minimum Gasteiger partial charge on any atom is -0.497 e. The van der Waals surface area contributed by atoms with Crippen LogP contribution in [0.15, 0.2) is 42.6 Å². The van der Waals surface area contributed by atoms with E-state index in [0.29, 0.717) is 11.5 Å². The van der Waals surface area contributed by atoms with Crippen LogP contribution in [-0.4, -0.2) is 12.1 Å². The molecule has 100 valence electrons. The van der Waals surface area contributed by atoms with Gasteiger partial charge in [-0.2, -0.15) is 0 Å². The third kappa shape index (κ3) is 3.45. The second-order valence-corrected chi connectivity index (χ2v) is 4.21. The molecule has 4 heteroatoms. The number of aromatic nitrogens is 1. The van der Waals surface area contributed by atoms with Crippen LogP contribution in [0.2, 0.25) is 0 Å². The SMILES string of the molecule is CC[C@@H](N)c1ccc(Oc2cccc(OC)c2)cn1. The molecule has 0 radical (unpaired) electrons. The molecule has 1 atom stereocenters. The molecule has 4 nitrogen and oxygen atoms in total. The number of benzene rings is 1. The zero-order chi connectivity index (χ0) is 13.7. The van der Waals surface area contributed by atoms with Crippen molar-refractivity contribution in [3.8, 4) is 17.2 Å². The van der Waals surface area contributed by atoms with Crippen molar-refractivity contribution in [3.05, 3.63) is 48.3 Å². The van der Waals surface area contributed by atoms with E-state index in [1.807, 2.05) is 43.3 Å². The molecule has 2 rings (SSSR count). The summed E-state index contributed by atoms with van der Waals surface area (Å²) in [6.07, 6.45) is 2.55. The van der Waals surface area contributed by atoms with Crippen LogP contribution in [0.25, 0.3) is 0 Å². The summed E-state index contributed by atoms with van der Waals surface area (Å²) in [6, 6.07) is 11.2. The van der Waals surface area contributed by atoms with Crippen LogP contribution in [0.1, 0.15) is 25.1 Å². The largest absolute Gasteiger partial charge is 0.497 e. The highest BCUT2D eigenvalue weighted by molar-refractivity contribution is 5.36. The van der Waals surface area contributed by atoms with Crippen molar-refractivity contribution in [2.24, 2.45) is 5.73 Å². The van der Waals surface area contributed by atoms with E-state index in [1.54, 1.807) is 13.3 Å². The predicted octanol–water partition coefficient (Wildman–Crippen LogP) is 3.29. The zero-order valence-electron chi connectivity index (χ0n) is 11.2. The molecule has 2 N–H and O–H groups in total. The van der Waals surface area contributed by atoms with E-state index in [2.05, 4.69) is 4.98 Å². The lowest BCUT2D eigenvalue weighted by atomic mass is 10.1. The van der Waals surface area contributed by atoms with Crippen LogP contribution in [0.3, 0.4) is 0 Å². The molecule has 0 fully saturated rings. The molecule has 0 unspecified atom stereocenters. The van der Waals surface area contributed by atoms with Crippen molar-refractivity contribution in [1.29, 1.82) is 0 Å². The standard InChI is InChI=1S/C15H18N2O2/c1-3-14(16)15-8-7-13(10-17-15)19-12-6-4-5-11(9-12)18-2/h4-10,14H,3,16H2,1-2H3/t14-/m1/s1. The average molecular weight is 258 g/mol. The van der Waals surface area contributed by atoms with Crippen LogP contribution < -0.4 is 15.2 Å². The van der Waals surface area contributed by atoms with Crippen LogP contribution in [0.4, 0.5) is 0 Å². The fraction of sp³-hybridized carbons (Fsp3) is 0.267. The maximum absolute atomic E-state index is 5.91. The Balaban J connectivity index is 2.10. The summed E-state index contributed by atoms with van der Waals surface area (Å²) in [7, 11) is 1.63. The molecule has 0 aliphatic rings. The topological polar surface area (TPSA) is 57.4 Å². The highest BCUT2D eigenvalue weighted by atomic mass is 16.5. The van der Waals surface area contributed by atoms with Gasteiger partial charge in [-0.15, -0.1) is 0 Å². The third-order valence-electron chi connectivity index (χ3n) is 2.86. The van der Waals surface area contributed by atoms with E-state index in [-0.39, 0.29) is 6.04 Å². The van der Waals surface area contributed by atoms with Gasteiger partial charge < -0.3 is 15.2 Å². The van der Waals surface area contributed by atoms with Crippen LogP contribution >= 0.6 is 0 Å². The molecule has 1 aromatic carbocycles. The Kier molecular flexibility index (Phi) is 4.36. The van der Waals surface area contributed by atoms with Gasteiger partial charge in [0.2, 0.25) is 0 Å². The Morgan fingerprint density at radius 2 is 1.95 bits per heavy atom. The van der Waals surface area contributed by atoms with Crippen molar-refractivity contribution >= 4 is 0 Å². The number of hydrogen-bond acceptors (Lipinski definition) is 4. The fourth-order valence-electron chi connectivity index (χ4n) is 1.68. The molecule has 1 heterocycles. The average Bonchev–Trinajstić information content (AvgIpc) is 2.47. The maximum atomic E-state index is 5.91. The van der Waals surface area contributed by atoms with Gasteiger partial charge in [0.15, 0.2) is 0 Å². The quantitative estimate of drug-likeness (QED) is 0.894. The monoisotopic (exact) mass is 258 g/mol. The Hall–Kier alpha value is -2.07. The van der Waals surface area contributed by atoms with Crippen LogP contribution in [0, 0.1) is 0 Å². The number of ether oxygens (including phenoxy) is 2. The Morgan fingerprint density at radius 3 is 2.58 bits per heavy atom.